The van der Waals surface area contributed by atoms with Crippen molar-refractivity contribution in [3.05, 3.63) is 29.0 Å². The highest BCUT2D eigenvalue weighted by Gasteiger charge is 2.17. The maximum absolute atomic E-state index is 13.2. The van der Waals surface area contributed by atoms with Gasteiger partial charge >= 0.3 is 0 Å². The van der Waals surface area contributed by atoms with Crippen LogP contribution in [0, 0.1) is 5.82 Å². The van der Waals surface area contributed by atoms with Crippen LogP contribution in [-0.4, -0.2) is 15.0 Å². The third-order valence-corrected chi connectivity index (χ3v) is 3.33. The fraction of sp³-hybridized carbons (Fsp3) is 0.250. The maximum atomic E-state index is 13.2. The highest BCUT2D eigenvalue weighted by molar-refractivity contribution is 7.89. The van der Waals surface area contributed by atoms with Crippen molar-refractivity contribution in [3.63, 3.8) is 0 Å². The predicted molar refractivity (Wildman–Crippen MR) is 52.3 cm³/mol. The molecule has 0 heterocycles. The van der Waals surface area contributed by atoms with Crippen LogP contribution in [0.2, 0.25) is 5.02 Å². The van der Waals surface area contributed by atoms with E-state index in [9.17, 15) is 12.8 Å². The molecule has 0 aliphatic heterocycles. The lowest BCUT2D eigenvalue weighted by atomic mass is 10.3. The first kappa shape index (κ1) is 11.4. The van der Waals surface area contributed by atoms with Crippen LogP contribution in [0.1, 0.15) is 6.92 Å². The third-order valence-electron chi connectivity index (χ3n) is 1.52. The van der Waals surface area contributed by atoms with E-state index < -0.39 is 15.8 Å². The van der Waals surface area contributed by atoms with Crippen molar-refractivity contribution in [3.8, 4) is 0 Å². The van der Waals surface area contributed by atoms with E-state index in [1.54, 1.807) is 6.92 Å². The van der Waals surface area contributed by atoms with Crippen molar-refractivity contribution in [2.24, 2.45) is 0 Å². The van der Waals surface area contributed by atoms with E-state index in [1.165, 1.54) is 6.07 Å². The molecule has 0 bridgehead atoms. The Morgan fingerprint density at radius 1 is 1.50 bits per heavy atom. The number of hydrogen-bond acceptors (Lipinski definition) is 2. The van der Waals surface area contributed by atoms with Gasteiger partial charge in [-0.25, -0.2) is 17.5 Å². The van der Waals surface area contributed by atoms with E-state index in [4.69, 9.17) is 11.6 Å². The average molecular weight is 238 g/mol. The summed E-state index contributed by atoms with van der Waals surface area (Å²) in [5, 5.41) is 0.165. The number of nitrogens with one attached hydrogen (secondary N) is 1. The second-order valence-corrected chi connectivity index (χ2v) is 4.75. The zero-order chi connectivity index (χ0) is 10.8. The summed E-state index contributed by atoms with van der Waals surface area (Å²) in [4.78, 5) is -0.385. The van der Waals surface area contributed by atoms with E-state index in [1.807, 2.05) is 0 Å². The molecule has 0 aromatic heterocycles. The highest BCUT2D eigenvalue weighted by atomic mass is 35.5. The summed E-state index contributed by atoms with van der Waals surface area (Å²) in [5.41, 5.74) is 0. The van der Waals surface area contributed by atoms with Gasteiger partial charge in [0.1, 0.15) is 10.7 Å². The molecule has 78 valence electrons. The van der Waals surface area contributed by atoms with Gasteiger partial charge in [0.05, 0.1) is 0 Å². The summed E-state index contributed by atoms with van der Waals surface area (Å²) in [5.74, 6) is -0.849. The SMILES string of the molecule is CCNS(=O)(=O)c1ccc(Cl)cc1F. The molecule has 14 heavy (non-hydrogen) atoms. The molecule has 0 fully saturated rings. The van der Waals surface area contributed by atoms with Crippen molar-refractivity contribution in [1.82, 2.24) is 4.72 Å². The molecule has 0 aliphatic carbocycles. The molecule has 0 atom stereocenters. The summed E-state index contributed by atoms with van der Waals surface area (Å²) < 4.78 is 38.1. The second-order valence-electron chi connectivity index (χ2n) is 2.58. The lowest BCUT2D eigenvalue weighted by Crippen LogP contribution is -2.24. The van der Waals surface area contributed by atoms with Gasteiger partial charge < -0.3 is 0 Å². The first-order chi connectivity index (χ1) is 6.47. The Bertz CT molecular complexity index is 433. The smallest absolute Gasteiger partial charge is 0.211 e. The Morgan fingerprint density at radius 3 is 2.64 bits per heavy atom. The monoisotopic (exact) mass is 237 g/mol. The van der Waals surface area contributed by atoms with Crippen LogP contribution in [0.15, 0.2) is 23.1 Å². The van der Waals surface area contributed by atoms with Crippen molar-refractivity contribution in [2.75, 3.05) is 6.54 Å². The molecule has 0 spiro atoms. The first-order valence-electron chi connectivity index (χ1n) is 3.92. The minimum Gasteiger partial charge on any atom is -0.211 e. The fourth-order valence-electron chi connectivity index (χ4n) is 0.961. The number of benzene rings is 1. The summed E-state index contributed by atoms with van der Waals surface area (Å²) >= 11 is 5.49. The van der Waals surface area contributed by atoms with E-state index >= 15 is 0 Å². The molecule has 3 nitrogen and oxygen atoms in total. The molecule has 1 aromatic carbocycles. The Kier molecular flexibility index (Phi) is 3.47. The largest absolute Gasteiger partial charge is 0.243 e. The van der Waals surface area contributed by atoms with Gasteiger partial charge in [0.25, 0.3) is 0 Å². The molecule has 0 amide bonds. The molecule has 0 aliphatic rings. The van der Waals surface area contributed by atoms with Crippen molar-refractivity contribution >= 4 is 21.6 Å². The molecule has 1 N–H and O–H groups in total. The van der Waals surface area contributed by atoms with E-state index in [0.29, 0.717) is 0 Å². The summed E-state index contributed by atoms with van der Waals surface area (Å²) in [6.45, 7) is 1.83. The second kappa shape index (κ2) is 4.25. The van der Waals surface area contributed by atoms with Crippen LogP contribution in [0.25, 0.3) is 0 Å². The minimum atomic E-state index is -3.74. The van der Waals surface area contributed by atoms with Crippen LogP contribution >= 0.6 is 11.6 Å². The summed E-state index contributed by atoms with van der Waals surface area (Å²) in [6.07, 6.45) is 0. The topological polar surface area (TPSA) is 46.2 Å². The Hall–Kier alpha value is -0.650. The Morgan fingerprint density at radius 2 is 2.14 bits per heavy atom. The van der Waals surface area contributed by atoms with Crippen LogP contribution < -0.4 is 4.72 Å². The van der Waals surface area contributed by atoms with E-state index in [2.05, 4.69) is 4.72 Å². The van der Waals surface area contributed by atoms with Crippen molar-refractivity contribution in [1.29, 1.82) is 0 Å². The van der Waals surface area contributed by atoms with Gasteiger partial charge in [-0.2, -0.15) is 0 Å². The van der Waals surface area contributed by atoms with Gasteiger partial charge in [0, 0.05) is 11.6 Å². The van der Waals surface area contributed by atoms with Gasteiger partial charge in [0.2, 0.25) is 10.0 Å². The van der Waals surface area contributed by atoms with Crippen LogP contribution in [0.5, 0.6) is 0 Å². The predicted octanol–water partition coefficient (Wildman–Crippen LogP) is 1.78. The first-order valence-corrected chi connectivity index (χ1v) is 5.78. The zero-order valence-corrected chi connectivity index (χ0v) is 8.99. The van der Waals surface area contributed by atoms with Gasteiger partial charge in [-0.1, -0.05) is 18.5 Å². The van der Waals surface area contributed by atoms with E-state index in [-0.39, 0.29) is 16.5 Å². The maximum Gasteiger partial charge on any atom is 0.243 e. The molecular weight excluding hydrogens is 229 g/mol. The molecule has 0 unspecified atom stereocenters. The minimum absolute atomic E-state index is 0.165. The Balaban J connectivity index is 3.20. The van der Waals surface area contributed by atoms with Crippen molar-refractivity contribution < 1.29 is 12.8 Å². The molecule has 1 rings (SSSR count). The standard InChI is InChI=1S/C8H9ClFNO2S/c1-2-11-14(12,13)8-4-3-6(9)5-7(8)10/h3-5,11H,2H2,1H3. The molecule has 1 aromatic rings. The van der Waals surface area contributed by atoms with E-state index in [0.717, 1.165) is 12.1 Å². The summed E-state index contributed by atoms with van der Waals surface area (Å²) in [6, 6.07) is 3.43. The van der Waals surface area contributed by atoms with Crippen LogP contribution in [0.4, 0.5) is 4.39 Å². The van der Waals surface area contributed by atoms with Crippen molar-refractivity contribution in [2.45, 2.75) is 11.8 Å². The third kappa shape index (κ3) is 2.43. The quantitative estimate of drug-likeness (QED) is 0.871. The zero-order valence-electron chi connectivity index (χ0n) is 7.42. The normalized spacial score (nSPS) is 11.6. The van der Waals surface area contributed by atoms with Crippen LogP contribution in [0.3, 0.4) is 0 Å². The molecule has 0 saturated heterocycles. The van der Waals surface area contributed by atoms with Crippen LogP contribution in [-0.2, 0) is 10.0 Å². The summed E-state index contributed by atoms with van der Waals surface area (Å²) in [7, 11) is -3.74. The Labute approximate surface area is 86.9 Å². The van der Waals surface area contributed by atoms with Gasteiger partial charge in [-0.3, -0.25) is 0 Å². The van der Waals surface area contributed by atoms with Gasteiger partial charge in [0.15, 0.2) is 0 Å². The lowest BCUT2D eigenvalue weighted by Gasteiger charge is -2.05. The average Bonchev–Trinajstić information content (AvgIpc) is 2.02. The number of hydrogen-bond donors (Lipinski definition) is 1. The molecule has 6 heteroatoms. The van der Waals surface area contributed by atoms with Gasteiger partial charge in [-0.05, 0) is 18.2 Å². The number of sulfonamides is 1. The number of rotatable bonds is 3. The lowest BCUT2D eigenvalue weighted by molar-refractivity contribution is 0.558. The molecular formula is C8H9ClFNO2S. The molecule has 0 saturated carbocycles. The molecule has 0 radical (unpaired) electrons. The fourth-order valence-corrected chi connectivity index (χ4v) is 2.22. The highest BCUT2D eigenvalue weighted by Crippen LogP contribution is 2.18. The number of halogens is 2. The van der Waals surface area contributed by atoms with Gasteiger partial charge in [-0.15, -0.1) is 0 Å².